The fourth-order valence-electron chi connectivity index (χ4n) is 2.33. The Morgan fingerprint density at radius 2 is 1.61 bits per heavy atom. The molecule has 2 aromatic rings. The third-order valence-electron chi connectivity index (χ3n) is 3.62. The second kappa shape index (κ2) is 7.18. The Kier molecular flexibility index (Phi) is 5.27. The standard InChI is InChI=1S/C19H23NO3/c1-12-6-8-17(14(3)10-12)23-15(4)19(21)20-16-11-13(2)7-9-18(16)22-5/h6-11,15H,1-5H3,(H,20,21)/t15-/m1/s1. The highest BCUT2D eigenvalue weighted by atomic mass is 16.5. The van der Waals surface area contributed by atoms with Crippen LogP contribution in [0.15, 0.2) is 36.4 Å². The SMILES string of the molecule is COc1ccc(C)cc1NC(=O)[C@@H](C)Oc1ccc(C)cc1C. The van der Waals surface area contributed by atoms with E-state index >= 15 is 0 Å². The van der Waals surface area contributed by atoms with Gasteiger partial charge >= 0.3 is 0 Å². The van der Waals surface area contributed by atoms with Crippen molar-refractivity contribution in [2.45, 2.75) is 33.8 Å². The van der Waals surface area contributed by atoms with Gasteiger partial charge in [-0.05, 0) is 57.0 Å². The summed E-state index contributed by atoms with van der Waals surface area (Å²) in [6.45, 7) is 7.69. The molecule has 0 saturated carbocycles. The third kappa shape index (κ3) is 4.25. The van der Waals surface area contributed by atoms with Crippen LogP contribution < -0.4 is 14.8 Å². The first-order chi connectivity index (χ1) is 10.9. The fourth-order valence-corrected chi connectivity index (χ4v) is 2.33. The van der Waals surface area contributed by atoms with Gasteiger partial charge in [-0.15, -0.1) is 0 Å². The molecule has 1 amide bonds. The van der Waals surface area contributed by atoms with Crippen molar-refractivity contribution >= 4 is 11.6 Å². The van der Waals surface area contributed by atoms with E-state index in [1.807, 2.05) is 57.2 Å². The smallest absolute Gasteiger partial charge is 0.265 e. The summed E-state index contributed by atoms with van der Waals surface area (Å²) in [6, 6.07) is 11.5. The molecule has 0 saturated heterocycles. The lowest BCUT2D eigenvalue weighted by molar-refractivity contribution is -0.122. The summed E-state index contributed by atoms with van der Waals surface area (Å²) in [5.41, 5.74) is 3.87. The van der Waals surface area contributed by atoms with Crippen molar-refractivity contribution in [3.05, 3.63) is 53.1 Å². The highest BCUT2D eigenvalue weighted by molar-refractivity contribution is 5.95. The van der Waals surface area contributed by atoms with Crippen LogP contribution >= 0.6 is 0 Å². The Bertz CT molecular complexity index is 710. The van der Waals surface area contributed by atoms with Gasteiger partial charge in [0.1, 0.15) is 11.5 Å². The monoisotopic (exact) mass is 313 g/mol. The molecule has 0 aromatic heterocycles. The molecule has 0 aliphatic rings. The van der Waals surface area contributed by atoms with Crippen LogP contribution in [0.25, 0.3) is 0 Å². The van der Waals surface area contributed by atoms with Gasteiger partial charge in [-0.1, -0.05) is 23.8 Å². The lowest BCUT2D eigenvalue weighted by Crippen LogP contribution is -2.30. The normalized spacial score (nSPS) is 11.7. The van der Waals surface area contributed by atoms with Gasteiger partial charge in [0.05, 0.1) is 12.8 Å². The molecule has 0 fully saturated rings. The number of amides is 1. The van der Waals surface area contributed by atoms with Crippen molar-refractivity contribution in [2.75, 3.05) is 12.4 Å². The Morgan fingerprint density at radius 3 is 2.22 bits per heavy atom. The maximum atomic E-state index is 12.4. The minimum atomic E-state index is -0.610. The summed E-state index contributed by atoms with van der Waals surface area (Å²) in [7, 11) is 1.58. The number of hydrogen-bond donors (Lipinski definition) is 1. The van der Waals surface area contributed by atoms with E-state index in [0.29, 0.717) is 11.4 Å². The van der Waals surface area contributed by atoms with Crippen LogP contribution in [0.4, 0.5) is 5.69 Å². The maximum absolute atomic E-state index is 12.4. The average molecular weight is 313 g/mol. The number of aryl methyl sites for hydroxylation is 3. The van der Waals surface area contributed by atoms with E-state index in [-0.39, 0.29) is 5.91 Å². The van der Waals surface area contributed by atoms with Crippen molar-refractivity contribution < 1.29 is 14.3 Å². The first kappa shape index (κ1) is 16.9. The zero-order chi connectivity index (χ0) is 17.0. The number of nitrogens with one attached hydrogen (secondary N) is 1. The van der Waals surface area contributed by atoms with E-state index < -0.39 is 6.10 Å². The second-order valence-corrected chi connectivity index (χ2v) is 5.72. The summed E-state index contributed by atoms with van der Waals surface area (Å²) in [5.74, 6) is 1.13. The molecular formula is C19H23NO3. The molecule has 4 nitrogen and oxygen atoms in total. The zero-order valence-corrected chi connectivity index (χ0v) is 14.3. The molecule has 23 heavy (non-hydrogen) atoms. The van der Waals surface area contributed by atoms with Gasteiger partial charge in [0.25, 0.3) is 5.91 Å². The summed E-state index contributed by atoms with van der Waals surface area (Å²) in [5, 5.41) is 2.86. The number of methoxy groups -OCH3 is 1. The van der Waals surface area contributed by atoms with Gasteiger partial charge in [-0.2, -0.15) is 0 Å². The Hall–Kier alpha value is -2.49. The third-order valence-corrected chi connectivity index (χ3v) is 3.62. The molecule has 0 bridgehead atoms. The quantitative estimate of drug-likeness (QED) is 0.906. The van der Waals surface area contributed by atoms with Gasteiger partial charge in [0.2, 0.25) is 0 Å². The van der Waals surface area contributed by atoms with E-state index in [9.17, 15) is 4.79 Å². The molecule has 2 rings (SSSR count). The molecule has 0 spiro atoms. The largest absolute Gasteiger partial charge is 0.495 e. The van der Waals surface area contributed by atoms with Gasteiger partial charge < -0.3 is 14.8 Å². The van der Waals surface area contributed by atoms with Crippen LogP contribution in [0.2, 0.25) is 0 Å². The van der Waals surface area contributed by atoms with Crippen molar-refractivity contribution in [1.82, 2.24) is 0 Å². The van der Waals surface area contributed by atoms with Crippen molar-refractivity contribution in [1.29, 1.82) is 0 Å². The molecule has 1 atom stereocenters. The minimum absolute atomic E-state index is 0.214. The number of hydrogen-bond acceptors (Lipinski definition) is 3. The number of ether oxygens (including phenoxy) is 2. The van der Waals surface area contributed by atoms with Crippen LogP contribution in [-0.4, -0.2) is 19.1 Å². The van der Waals surface area contributed by atoms with Gasteiger partial charge in [-0.3, -0.25) is 4.79 Å². The van der Waals surface area contributed by atoms with Crippen molar-refractivity contribution in [3.63, 3.8) is 0 Å². The highest BCUT2D eigenvalue weighted by Gasteiger charge is 2.17. The van der Waals surface area contributed by atoms with Crippen LogP contribution in [-0.2, 0) is 4.79 Å². The molecule has 0 heterocycles. The fraction of sp³-hybridized carbons (Fsp3) is 0.316. The molecule has 0 aliphatic carbocycles. The van der Waals surface area contributed by atoms with Crippen molar-refractivity contribution in [2.24, 2.45) is 0 Å². The van der Waals surface area contributed by atoms with E-state index in [4.69, 9.17) is 9.47 Å². The molecule has 0 unspecified atom stereocenters. The molecule has 122 valence electrons. The van der Waals surface area contributed by atoms with Crippen LogP contribution in [0, 0.1) is 20.8 Å². The summed E-state index contributed by atoms with van der Waals surface area (Å²) < 4.78 is 11.1. The first-order valence-corrected chi connectivity index (χ1v) is 7.60. The van der Waals surface area contributed by atoms with E-state index in [1.54, 1.807) is 14.0 Å². The van der Waals surface area contributed by atoms with E-state index in [0.717, 1.165) is 22.4 Å². The minimum Gasteiger partial charge on any atom is -0.495 e. The lowest BCUT2D eigenvalue weighted by Gasteiger charge is -2.18. The zero-order valence-electron chi connectivity index (χ0n) is 14.3. The summed E-state index contributed by atoms with van der Waals surface area (Å²) in [6.07, 6.45) is -0.610. The Balaban J connectivity index is 2.10. The predicted molar refractivity (Wildman–Crippen MR) is 92.4 cm³/mol. The van der Waals surface area contributed by atoms with Gasteiger partial charge in [-0.25, -0.2) is 0 Å². The van der Waals surface area contributed by atoms with Gasteiger partial charge in [0, 0.05) is 0 Å². The Labute approximate surface area is 137 Å². The van der Waals surface area contributed by atoms with Crippen molar-refractivity contribution in [3.8, 4) is 11.5 Å². The molecular weight excluding hydrogens is 290 g/mol. The predicted octanol–water partition coefficient (Wildman–Crippen LogP) is 4.03. The van der Waals surface area contributed by atoms with Crippen LogP contribution in [0.5, 0.6) is 11.5 Å². The van der Waals surface area contributed by atoms with Crippen LogP contribution in [0.3, 0.4) is 0 Å². The topological polar surface area (TPSA) is 47.6 Å². The van der Waals surface area contributed by atoms with Crippen LogP contribution in [0.1, 0.15) is 23.6 Å². The number of rotatable bonds is 5. The van der Waals surface area contributed by atoms with E-state index in [2.05, 4.69) is 5.32 Å². The highest BCUT2D eigenvalue weighted by Crippen LogP contribution is 2.26. The maximum Gasteiger partial charge on any atom is 0.265 e. The Morgan fingerprint density at radius 1 is 1.00 bits per heavy atom. The molecule has 1 N–H and O–H groups in total. The number of benzene rings is 2. The second-order valence-electron chi connectivity index (χ2n) is 5.72. The lowest BCUT2D eigenvalue weighted by atomic mass is 10.1. The molecule has 4 heteroatoms. The number of carbonyl (C=O) groups excluding carboxylic acids is 1. The molecule has 0 radical (unpaired) electrons. The molecule has 2 aromatic carbocycles. The van der Waals surface area contributed by atoms with E-state index in [1.165, 1.54) is 0 Å². The number of anilines is 1. The molecule has 0 aliphatic heterocycles. The summed E-state index contributed by atoms with van der Waals surface area (Å²) >= 11 is 0. The average Bonchev–Trinajstić information content (AvgIpc) is 2.50. The van der Waals surface area contributed by atoms with Gasteiger partial charge in [0.15, 0.2) is 6.10 Å². The number of carbonyl (C=O) groups is 1. The summed E-state index contributed by atoms with van der Waals surface area (Å²) in [4.78, 5) is 12.4. The first-order valence-electron chi connectivity index (χ1n) is 7.60.